The van der Waals surface area contributed by atoms with Gasteiger partial charge in [0.05, 0.1) is 0 Å². The van der Waals surface area contributed by atoms with Crippen LogP contribution in [0.15, 0.2) is 12.1 Å². The maximum Gasteiger partial charge on any atom is 0.487 e. The van der Waals surface area contributed by atoms with Crippen molar-refractivity contribution < 1.29 is 9.31 Å². The lowest BCUT2D eigenvalue weighted by Gasteiger charge is -2.16. The van der Waals surface area contributed by atoms with Crippen LogP contribution in [-0.2, 0) is 9.31 Å². The highest BCUT2D eigenvalue weighted by molar-refractivity contribution is 6.50. The molecule has 0 spiro atoms. The van der Waals surface area contributed by atoms with Gasteiger partial charge in [-0.2, -0.15) is 0 Å². The lowest BCUT2D eigenvalue weighted by atomic mass is 9.88. The highest BCUT2D eigenvalue weighted by atomic mass is 16.6. The molecule has 0 radical (unpaired) electrons. The first-order valence-corrected chi connectivity index (χ1v) is 6.52. The molecule has 0 unspecified atom stereocenters. The monoisotopic (exact) mass is 236 g/mol. The molecular weight excluding hydrogens is 211 g/mol. The van der Waals surface area contributed by atoms with Crippen LogP contribution < -0.4 is 0 Å². The molecule has 0 saturated heterocycles. The maximum absolute atomic E-state index is 5.61. The zero-order valence-electron chi connectivity index (χ0n) is 11.8. The minimum absolute atomic E-state index is 0.149. The third kappa shape index (κ3) is 11.5. The van der Waals surface area contributed by atoms with Crippen LogP contribution in [-0.4, -0.2) is 19.3 Å². The van der Waals surface area contributed by atoms with Crippen molar-refractivity contribution in [2.75, 3.05) is 0 Å². The van der Waals surface area contributed by atoms with Gasteiger partial charge in [0, 0.05) is 18.6 Å². The van der Waals surface area contributed by atoms with Gasteiger partial charge in [-0.1, -0.05) is 25.2 Å². The summed E-state index contributed by atoms with van der Waals surface area (Å²) in [7, 11) is -0.296. The average Bonchev–Trinajstić information content (AvgIpc) is 2.21. The summed E-state index contributed by atoms with van der Waals surface area (Å²) in [5.41, 5.74) is 0. The van der Waals surface area contributed by atoms with E-state index < -0.39 is 0 Å². The highest BCUT2D eigenvalue weighted by Crippen LogP contribution is 2.01. The third-order valence-corrected chi connectivity index (χ3v) is 1.91. The fourth-order valence-corrected chi connectivity index (χ4v) is 1.18. The third-order valence-electron chi connectivity index (χ3n) is 1.91. The molecule has 0 fully saturated rings. The fourth-order valence-electron chi connectivity index (χ4n) is 1.18. The van der Waals surface area contributed by atoms with Gasteiger partial charge in [0.15, 0.2) is 0 Å². The summed E-state index contributed by atoms with van der Waals surface area (Å²) in [5.74, 6) is 7.98. The second-order valence-electron chi connectivity index (χ2n) is 4.52. The first kappa shape index (κ1) is 16.3. The topological polar surface area (TPSA) is 18.5 Å². The second-order valence-corrected chi connectivity index (χ2v) is 4.52. The van der Waals surface area contributed by atoms with Crippen molar-refractivity contribution in [3.63, 3.8) is 0 Å². The van der Waals surface area contributed by atoms with Crippen LogP contribution >= 0.6 is 0 Å². The van der Waals surface area contributed by atoms with Crippen molar-refractivity contribution in [2.45, 2.75) is 66.1 Å². The fraction of sp³-hybridized carbons (Fsp3) is 0.714. The van der Waals surface area contributed by atoms with Gasteiger partial charge in [0.2, 0.25) is 0 Å². The van der Waals surface area contributed by atoms with E-state index in [1.54, 1.807) is 0 Å². The van der Waals surface area contributed by atoms with Gasteiger partial charge in [0.25, 0.3) is 0 Å². The lowest BCUT2D eigenvalue weighted by molar-refractivity contribution is 0.138. The van der Waals surface area contributed by atoms with Gasteiger partial charge >= 0.3 is 7.12 Å². The second kappa shape index (κ2) is 10.4. The van der Waals surface area contributed by atoms with E-state index >= 15 is 0 Å². The van der Waals surface area contributed by atoms with Crippen molar-refractivity contribution in [2.24, 2.45) is 0 Å². The SMILES string of the molecule is CCCCC#C/C=C/B(OC(C)C)OC(C)C. The Hall–Kier alpha value is -0.715. The quantitative estimate of drug-likeness (QED) is 0.382. The van der Waals surface area contributed by atoms with Crippen LogP contribution in [0, 0.1) is 11.8 Å². The van der Waals surface area contributed by atoms with E-state index in [2.05, 4.69) is 18.8 Å². The molecule has 3 heteroatoms. The van der Waals surface area contributed by atoms with Crippen LogP contribution in [0.4, 0.5) is 0 Å². The van der Waals surface area contributed by atoms with E-state index in [0.717, 1.165) is 12.8 Å². The van der Waals surface area contributed by atoms with E-state index in [1.165, 1.54) is 6.42 Å². The number of allylic oxidation sites excluding steroid dienone is 1. The Balaban J connectivity index is 4.10. The van der Waals surface area contributed by atoms with Crippen molar-refractivity contribution in [3.05, 3.63) is 12.1 Å². The van der Waals surface area contributed by atoms with E-state index in [-0.39, 0.29) is 19.3 Å². The molecule has 0 rings (SSSR count). The maximum atomic E-state index is 5.61. The number of hydrogen-bond donors (Lipinski definition) is 0. The van der Waals surface area contributed by atoms with Crippen LogP contribution in [0.3, 0.4) is 0 Å². The zero-order valence-corrected chi connectivity index (χ0v) is 11.8. The summed E-state index contributed by atoms with van der Waals surface area (Å²) in [6.07, 6.45) is 5.43. The summed E-state index contributed by atoms with van der Waals surface area (Å²) in [6, 6.07) is 0. The molecule has 0 aliphatic carbocycles. The van der Waals surface area contributed by atoms with Crippen molar-refractivity contribution in [1.82, 2.24) is 0 Å². The largest absolute Gasteiger partial charge is 0.487 e. The first-order chi connectivity index (χ1) is 8.06. The molecular formula is C14H25BO2. The molecule has 0 amide bonds. The normalized spacial score (nSPS) is 11.0. The summed E-state index contributed by atoms with van der Waals surface area (Å²) in [5, 5.41) is 0. The molecule has 0 aliphatic rings. The zero-order chi connectivity index (χ0) is 13.1. The van der Waals surface area contributed by atoms with Crippen LogP contribution in [0.2, 0.25) is 0 Å². The predicted octanol–water partition coefficient (Wildman–Crippen LogP) is 3.61. The molecule has 0 atom stereocenters. The number of unbranched alkanes of at least 4 members (excludes halogenated alkanes) is 2. The molecule has 0 aromatic rings. The Labute approximate surface area is 107 Å². The molecule has 0 bridgehead atoms. The molecule has 0 aliphatic heterocycles. The Morgan fingerprint density at radius 1 is 1.12 bits per heavy atom. The van der Waals surface area contributed by atoms with Crippen molar-refractivity contribution in [1.29, 1.82) is 0 Å². The molecule has 0 aromatic heterocycles. The van der Waals surface area contributed by atoms with Crippen molar-refractivity contribution in [3.8, 4) is 11.8 Å². The van der Waals surface area contributed by atoms with Crippen molar-refractivity contribution >= 4 is 7.12 Å². The van der Waals surface area contributed by atoms with Gasteiger partial charge in [0.1, 0.15) is 0 Å². The Kier molecular flexibility index (Phi) is 10.0. The Morgan fingerprint density at radius 2 is 1.71 bits per heavy atom. The van der Waals surface area contributed by atoms with Crippen LogP contribution in [0.1, 0.15) is 53.9 Å². The number of rotatable bonds is 7. The number of hydrogen-bond acceptors (Lipinski definition) is 2. The van der Waals surface area contributed by atoms with E-state index in [9.17, 15) is 0 Å². The molecule has 0 heterocycles. The molecule has 2 nitrogen and oxygen atoms in total. The lowest BCUT2D eigenvalue weighted by Crippen LogP contribution is -2.27. The highest BCUT2D eigenvalue weighted by Gasteiger charge is 2.17. The Bertz CT molecular complexity index is 251. The summed E-state index contributed by atoms with van der Waals surface area (Å²) in [6.45, 7) is 10.2. The van der Waals surface area contributed by atoms with Gasteiger partial charge in [-0.3, -0.25) is 0 Å². The van der Waals surface area contributed by atoms with Crippen LogP contribution in [0.5, 0.6) is 0 Å². The predicted molar refractivity (Wildman–Crippen MR) is 74.6 cm³/mol. The first-order valence-electron chi connectivity index (χ1n) is 6.52. The van der Waals surface area contributed by atoms with E-state index in [1.807, 2.05) is 39.7 Å². The van der Waals surface area contributed by atoms with Gasteiger partial charge < -0.3 is 9.31 Å². The summed E-state index contributed by atoms with van der Waals surface area (Å²) >= 11 is 0. The minimum atomic E-state index is -0.296. The summed E-state index contributed by atoms with van der Waals surface area (Å²) in [4.78, 5) is 0. The van der Waals surface area contributed by atoms with Gasteiger partial charge in [-0.15, -0.1) is 0 Å². The van der Waals surface area contributed by atoms with E-state index in [0.29, 0.717) is 0 Å². The minimum Gasteiger partial charge on any atom is -0.405 e. The average molecular weight is 236 g/mol. The molecule has 96 valence electrons. The van der Waals surface area contributed by atoms with Gasteiger partial charge in [-0.05, 0) is 46.2 Å². The summed E-state index contributed by atoms with van der Waals surface area (Å²) < 4.78 is 11.2. The van der Waals surface area contributed by atoms with E-state index in [4.69, 9.17) is 9.31 Å². The smallest absolute Gasteiger partial charge is 0.405 e. The van der Waals surface area contributed by atoms with Gasteiger partial charge in [-0.25, -0.2) is 0 Å². The molecule has 0 N–H and O–H groups in total. The standard InChI is InChI=1S/C14H25BO2/c1-6-7-8-9-10-11-12-15(16-13(2)3)17-14(4)5/h11-14H,6-8H2,1-5H3/b12-11+. The molecule has 0 saturated carbocycles. The molecule has 0 aromatic carbocycles. The van der Waals surface area contributed by atoms with Crippen LogP contribution in [0.25, 0.3) is 0 Å². The Morgan fingerprint density at radius 3 is 2.18 bits per heavy atom. The molecule has 17 heavy (non-hydrogen) atoms.